The Balaban J connectivity index is 1.96. The van der Waals surface area contributed by atoms with Crippen LogP contribution in [0.4, 0.5) is 5.69 Å². The highest BCUT2D eigenvalue weighted by molar-refractivity contribution is 5.84. The fourth-order valence-corrected chi connectivity index (χ4v) is 2.69. The Hall–Kier alpha value is -2.42. The van der Waals surface area contributed by atoms with Gasteiger partial charge in [-0.1, -0.05) is 24.3 Å². The van der Waals surface area contributed by atoms with Crippen LogP contribution < -0.4 is 10.5 Å². The van der Waals surface area contributed by atoms with Crippen molar-refractivity contribution < 1.29 is 4.74 Å². The molecule has 1 heterocycles. The van der Waals surface area contributed by atoms with Crippen LogP contribution in [0, 0.1) is 0 Å². The predicted molar refractivity (Wildman–Crippen MR) is 87.5 cm³/mol. The number of para-hydroxylation sites is 1. The van der Waals surface area contributed by atoms with Gasteiger partial charge in [0.15, 0.2) is 0 Å². The topological polar surface area (TPSA) is 40.2 Å². The van der Waals surface area contributed by atoms with E-state index in [-0.39, 0.29) is 0 Å². The van der Waals surface area contributed by atoms with Crippen LogP contribution in [0.5, 0.6) is 5.75 Å². The Morgan fingerprint density at radius 3 is 2.52 bits per heavy atom. The van der Waals surface area contributed by atoms with Crippen molar-refractivity contribution in [2.75, 3.05) is 5.73 Å². The smallest absolute Gasteiger partial charge is 0.128 e. The summed E-state index contributed by atoms with van der Waals surface area (Å²) >= 11 is 0. The quantitative estimate of drug-likeness (QED) is 0.720. The molecule has 21 heavy (non-hydrogen) atoms. The van der Waals surface area contributed by atoms with E-state index in [0.29, 0.717) is 12.6 Å². The van der Waals surface area contributed by atoms with Gasteiger partial charge in [-0.3, -0.25) is 0 Å². The van der Waals surface area contributed by atoms with Crippen molar-refractivity contribution >= 4 is 16.6 Å². The van der Waals surface area contributed by atoms with Crippen LogP contribution in [0.3, 0.4) is 0 Å². The molecule has 3 rings (SSSR count). The highest BCUT2D eigenvalue weighted by atomic mass is 16.5. The summed E-state index contributed by atoms with van der Waals surface area (Å²) in [6, 6.07) is 18.5. The third-order valence-electron chi connectivity index (χ3n) is 3.59. The predicted octanol–water partition coefficient (Wildman–Crippen LogP) is 4.38. The minimum absolute atomic E-state index is 0.360. The van der Waals surface area contributed by atoms with Gasteiger partial charge >= 0.3 is 0 Å². The molecule has 0 bridgehead atoms. The summed E-state index contributed by atoms with van der Waals surface area (Å²) in [4.78, 5) is 0. The molecule has 0 aliphatic rings. The van der Waals surface area contributed by atoms with E-state index in [1.807, 2.05) is 42.5 Å². The molecule has 2 aromatic carbocycles. The first-order valence-electron chi connectivity index (χ1n) is 7.22. The lowest BCUT2D eigenvalue weighted by atomic mass is 10.2. The summed E-state index contributed by atoms with van der Waals surface area (Å²) in [5.74, 6) is 0.887. The molecule has 0 fully saturated rings. The lowest BCUT2D eigenvalue weighted by Crippen LogP contribution is -2.08. The van der Waals surface area contributed by atoms with Gasteiger partial charge < -0.3 is 15.0 Å². The second-order valence-corrected chi connectivity index (χ2v) is 5.52. The third kappa shape index (κ3) is 2.72. The minimum Gasteiger partial charge on any atom is -0.487 e. The molecule has 0 unspecified atom stereocenters. The highest BCUT2D eigenvalue weighted by Gasteiger charge is 2.12. The molecule has 0 saturated heterocycles. The summed E-state index contributed by atoms with van der Waals surface area (Å²) in [6.45, 7) is 4.90. The zero-order chi connectivity index (χ0) is 14.8. The molecule has 0 amide bonds. The van der Waals surface area contributed by atoms with Crippen LogP contribution >= 0.6 is 0 Å². The van der Waals surface area contributed by atoms with Crippen molar-refractivity contribution in [2.45, 2.75) is 26.5 Å². The van der Waals surface area contributed by atoms with Gasteiger partial charge in [0.2, 0.25) is 0 Å². The van der Waals surface area contributed by atoms with Crippen molar-refractivity contribution in [3.63, 3.8) is 0 Å². The van der Waals surface area contributed by atoms with Gasteiger partial charge in [-0.2, -0.15) is 0 Å². The van der Waals surface area contributed by atoms with E-state index in [9.17, 15) is 0 Å². The van der Waals surface area contributed by atoms with Crippen molar-refractivity contribution in [2.24, 2.45) is 0 Å². The molecule has 3 heteroatoms. The maximum atomic E-state index is 5.92. The molecular formula is C18H20N2O. The van der Waals surface area contributed by atoms with Crippen LogP contribution in [0.15, 0.2) is 54.6 Å². The maximum Gasteiger partial charge on any atom is 0.128 e. The normalized spacial score (nSPS) is 11.2. The molecule has 3 aromatic rings. The van der Waals surface area contributed by atoms with E-state index in [4.69, 9.17) is 10.5 Å². The number of anilines is 1. The van der Waals surface area contributed by atoms with E-state index in [0.717, 1.165) is 22.6 Å². The molecule has 0 aliphatic carbocycles. The minimum atomic E-state index is 0.360. The number of aromatic nitrogens is 1. The summed E-state index contributed by atoms with van der Waals surface area (Å²) in [5, 5.41) is 1.20. The van der Waals surface area contributed by atoms with Gasteiger partial charge in [-0.05, 0) is 44.2 Å². The second kappa shape index (κ2) is 5.52. The molecule has 0 saturated carbocycles. The summed E-state index contributed by atoms with van der Waals surface area (Å²) in [6.07, 6.45) is 0. The molecule has 1 aromatic heterocycles. The molecule has 3 nitrogen and oxygen atoms in total. The molecule has 0 radical (unpaired) electrons. The van der Waals surface area contributed by atoms with E-state index >= 15 is 0 Å². The van der Waals surface area contributed by atoms with Crippen molar-refractivity contribution in [3.05, 3.63) is 60.3 Å². The van der Waals surface area contributed by atoms with Gasteiger partial charge in [0.1, 0.15) is 12.4 Å². The Morgan fingerprint density at radius 1 is 1.05 bits per heavy atom. The Kier molecular flexibility index (Phi) is 3.57. The first-order valence-corrected chi connectivity index (χ1v) is 7.22. The summed E-state index contributed by atoms with van der Waals surface area (Å²) in [5.41, 5.74) is 9.04. The van der Waals surface area contributed by atoms with Crippen molar-refractivity contribution in [3.8, 4) is 5.75 Å². The van der Waals surface area contributed by atoms with E-state index < -0.39 is 0 Å². The molecule has 108 valence electrons. The number of nitrogens with zero attached hydrogens (tertiary/aromatic N) is 1. The fraction of sp³-hybridized carbons (Fsp3) is 0.222. The Morgan fingerprint density at radius 2 is 1.81 bits per heavy atom. The maximum absolute atomic E-state index is 5.92. The molecule has 0 spiro atoms. The number of hydrogen-bond donors (Lipinski definition) is 1. The first-order chi connectivity index (χ1) is 10.1. The highest BCUT2D eigenvalue weighted by Crippen LogP contribution is 2.27. The number of nitrogen functional groups attached to an aromatic ring is 1. The lowest BCUT2D eigenvalue weighted by Gasteiger charge is -2.15. The van der Waals surface area contributed by atoms with Crippen LogP contribution in [-0.4, -0.2) is 4.57 Å². The zero-order valence-electron chi connectivity index (χ0n) is 12.4. The van der Waals surface area contributed by atoms with Gasteiger partial charge in [-0.25, -0.2) is 0 Å². The van der Waals surface area contributed by atoms with Crippen LogP contribution in [0.2, 0.25) is 0 Å². The number of nitrogens with two attached hydrogens (primary N) is 1. The van der Waals surface area contributed by atoms with Crippen molar-refractivity contribution in [1.82, 2.24) is 4.57 Å². The fourth-order valence-electron chi connectivity index (χ4n) is 2.69. The summed E-state index contributed by atoms with van der Waals surface area (Å²) < 4.78 is 8.18. The second-order valence-electron chi connectivity index (χ2n) is 5.52. The molecular weight excluding hydrogens is 260 g/mol. The SMILES string of the molecule is CC(C)n1c(COc2ccccc2)cc2ccc(N)cc21. The summed E-state index contributed by atoms with van der Waals surface area (Å²) in [7, 11) is 0. The van der Waals surface area contributed by atoms with Gasteiger partial charge in [-0.15, -0.1) is 0 Å². The van der Waals surface area contributed by atoms with Gasteiger partial charge in [0, 0.05) is 17.1 Å². The monoisotopic (exact) mass is 280 g/mol. The number of ether oxygens (including phenoxy) is 1. The van der Waals surface area contributed by atoms with Crippen LogP contribution in [0.1, 0.15) is 25.6 Å². The van der Waals surface area contributed by atoms with Crippen molar-refractivity contribution in [1.29, 1.82) is 0 Å². The van der Waals surface area contributed by atoms with E-state index in [2.05, 4.69) is 30.5 Å². The van der Waals surface area contributed by atoms with Crippen LogP contribution in [-0.2, 0) is 6.61 Å². The average Bonchev–Trinajstić information content (AvgIpc) is 2.84. The molecule has 2 N–H and O–H groups in total. The third-order valence-corrected chi connectivity index (χ3v) is 3.59. The number of rotatable bonds is 4. The number of benzene rings is 2. The lowest BCUT2D eigenvalue weighted by molar-refractivity contribution is 0.293. The number of hydrogen-bond acceptors (Lipinski definition) is 2. The average molecular weight is 280 g/mol. The molecule has 0 aliphatic heterocycles. The largest absolute Gasteiger partial charge is 0.487 e. The zero-order valence-corrected chi connectivity index (χ0v) is 12.4. The first kappa shape index (κ1) is 13.6. The molecule has 0 atom stereocenters. The van der Waals surface area contributed by atoms with E-state index in [1.165, 1.54) is 5.39 Å². The Bertz CT molecular complexity index is 745. The number of fused-ring (bicyclic) bond motifs is 1. The van der Waals surface area contributed by atoms with Gasteiger partial charge in [0.25, 0.3) is 0 Å². The van der Waals surface area contributed by atoms with Crippen LogP contribution in [0.25, 0.3) is 10.9 Å². The Labute approximate surface area is 125 Å². The standard InChI is InChI=1S/C18H20N2O/c1-13(2)20-16(12-21-17-6-4-3-5-7-17)10-14-8-9-15(19)11-18(14)20/h3-11,13H,12,19H2,1-2H3. The van der Waals surface area contributed by atoms with Gasteiger partial charge in [0.05, 0.1) is 11.2 Å². The van der Waals surface area contributed by atoms with E-state index in [1.54, 1.807) is 0 Å².